The van der Waals surface area contributed by atoms with Crippen molar-refractivity contribution >= 4 is 51.0 Å². The van der Waals surface area contributed by atoms with Gasteiger partial charge in [0, 0.05) is 22.2 Å². The minimum Gasteiger partial charge on any atom is -0.482 e. The van der Waals surface area contributed by atoms with E-state index >= 15 is 0 Å². The fraction of sp³-hybridized carbons (Fsp3) is 0.235. The van der Waals surface area contributed by atoms with Crippen LogP contribution >= 0.6 is 35.0 Å². The maximum absolute atomic E-state index is 12.3. The van der Waals surface area contributed by atoms with E-state index in [0.717, 1.165) is 4.90 Å². The van der Waals surface area contributed by atoms with Crippen molar-refractivity contribution in [2.45, 2.75) is 9.79 Å². The molecule has 0 heterocycles. The van der Waals surface area contributed by atoms with Gasteiger partial charge in [-0.15, -0.1) is 11.8 Å². The average molecular weight is 450 g/mol. The normalized spacial score (nSPS) is 11.2. The lowest BCUT2D eigenvalue weighted by molar-refractivity contribution is -0.142. The molecule has 2 rings (SSSR count). The zero-order valence-corrected chi connectivity index (χ0v) is 17.4. The first-order valence-corrected chi connectivity index (χ1v) is 10.9. The first kappa shape index (κ1) is 21.8. The quantitative estimate of drug-likeness (QED) is 0.357. The summed E-state index contributed by atoms with van der Waals surface area (Å²) in [5, 5.41) is 0.408. The Balaban J connectivity index is 1.82. The molecule has 0 radical (unpaired) electrons. The van der Waals surface area contributed by atoms with E-state index in [2.05, 4.69) is 9.46 Å². The molecule has 1 N–H and O–H groups in total. The third-order valence-corrected chi connectivity index (χ3v) is 6.45. The molecule has 0 aliphatic heterocycles. The fourth-order valence-electron chi connectivity index (χ4n) is 1.94. The molecule has 0 fully saturated rings. The third-order valence-electron chi connectivity index (χ3n) is 3.25. The van der Waals surface area contributed by atoms with Crippen LogP contribution < -0.4 is 9.46 Å². The smallest absolute Gasteiger partial charge is 0.343 e. The van der Waals surface area contributed by atoms with Gasteiger partial charge in [0.1, 0.15) is 10.6 Å². The van der Waals surface area contributed by atoms with E-state index < -0.39 is 16.0 Å². The van der Waals surface area contributed by atoms with Crippen molar-refractivity contribution in [3.63, 3.8) is 0 Å². The minimum absolute atomic E-state index is 0.0474. The summed E-state index contributed by atoms with van der Waals surface area (Å²) in [6, 6.07) is 11.4. The van der Waals surface area contributed by atoms with Crippen molar-refractivity contribution in [3.05, 3.63) is 52.5 Å². The van der Waals surface area contributed by atoms with Crippen molar-refractivity contribution in [1.29, 1.82) is 0 Å². The van der Waals surface area contributed by atoms with Crippen molar-refractivity contribution < 1.29 is 22.7 Å². The summed E-state index contributed by atoms with van der Waals surface area (Å²) >= 11 is 13.2. The lowest BCUT2D eigenvalue weighted by Gasteiger charge is -2.09. The van der Waals surface area contributed by atoms with Crippen LogP contribution in [0, 0.1) is 0 Å². The van der Waals surface area contributed by atoms with Gasteiger partial charge in [-0.2, -0.15) is 0 Å². The number of methoxy groups -OCH3 is 1. The molecular formula is C17H17Cl2NO5S2. The van der Waals surface area contributed by atoms with E-state index in [1.165, 1.54) is 37.1 Å². The second-order valence-electron chi connectivity index (χ2n) is 5.16. The Morgan fingerprint density at radius 2 is 1.85 bits per heavy atom. The molecule has 0 aromatic heterocycles. The van der Waals surface area contributed by atoms with Gasteiger partial charge in [0.2, 0.25) is 10.0 Å². The number of esters is 1. The van der Waals surface area contributed by atoms with Gasteiger partial charge in [0.25, 0.3) is 0 Å². The van der Waals surface area contributed by atoms with Crippen molar-refractivity contribution in [3.8, 4) is 5.75 Å². The molecular weight excluding hydrogens is 433 g/mol. The summed E-state index contributed by atoms with van der Waals surface area (Å²) in [5.74, 6) is 0.598. The molecule has 0 bridgehead atoms. The van der Waals surface area contributed by atoms with Gasteiger partial charge >= 0.3 is 5.97 Å². The number of sulfonamides is 1. The maximum atomic E-state index is 12.3. The highest BCUT2D eigenvalue weighted by atomic mass is 35.5. The SMILES string of the molecule is COC(=O)COc1ccc(SCCNS(=O)(=O)c2cc(Cl)ccc2Cl)cc1. The van der Waals surface area contributed by atoms with Crippen LogP contribution in [0.4, 0.5) is 0 Å². The molecule has 6 nitrogen and oxygen atoms in total. The number of halogens is 2. The summed E-state index contributed by atoms with van der Waals surface area (Å²) in [5.41, 5.74) is 0. The Morgan fingerprint density at radius 3 is 2.52 bits per heavy atom. The molecule has 0 saturated carbocycles. The Bertz CT molecular complexity index is 889. The molecule has 0 unspecified atom stereocenters. The van der Waals surface area contributed by atoms with Gasteiger partial charge in [-0.1, -0.05) is 23.2 Å². The van der Waals surface area contributed by atoms with Crippen LogP contribution in [0.5, 0.6) is 5.75 Å². The topological polar surface area (TPSA) is 81.7 Å². The van der Waals surface area contributed by atoms with Crippen LogP contribution in [0.2, 0.25) is 10.0 Å². The van der Waals surface area contributed by atoms with E-state index in [-0.39, 0.29) is 23.1 Å². The van der Waals surface area contributed by atoms with Crippen LogP contribution in [-0.2, 0) is 19.6 Å². The Morgan fingerprint density at radius 1 is 1.15 bits per heavy atom. The summed E-state index contributed by atoms with van der Waals surface area (Å²) in [4.78, 5) is 11.9. The number of hydrogen-bond acceptors (Lipinski definition) is 6. The average Bonchev–Trinajstić information content (AvgIpc) is 2.66. The number of benzene rings is 2. The van der Waals surface area contributed by atoms with Crippen LogP contribution in [0.3, 0.4) is 0 Å². The van der Waals surface area contributed by atoms with Gasteiger partial charge in [-0.3, -0.25) is 0 Å². The molecule has 10 heteroatoms. The van der Waals surface area contributed by atoms with Gasteiger partial charge in [-0.25, -0.2) is 17.9 Å². The molecule has 2 aromatic rings. The summed E-state index contributed by atoms with van der Waals surface area (Å²) in [7, 11) is -2.44. The van der Waals surface area contributed by atoms with Gasteiger partial charge in [0.15, 0.2) is 6.61 Å². The van der Waals surface area contributed by atoms with Gasteiger partial charge in [0.05, 0.1) is 12.1 Å². The number of carbonyl (C=O) groups is 1. The first-order chi connectivity index (χ1) is 12.8. The van der Waals surface area contributed by atoms with Crippen LogP contribution in [0.1, 0.15) is 0 Å². The monoisotopic (exact) mass is 449 g/mol. The minimum atomic E-state index is -3.74. The van der Waals surface area contributed by atoms with Crippen LogP contribution in [0.15, 0.2) is 52.3 Å². The van der Waals surface area contributed by atoms with Gasteiger partial charge < -0.3 is 9.47 Å². The van der Waals surface area contributed by atoms with Gasteiger partial charge in [-0.05, 0) is 42.5 Å². The molecule has 2 aromatic carbocycles. The fourth-order valence-corrected chi connectivity index (χ4v) is 4.63. The van der Waals surface area contributed by atoms with E-state index in [9.17, 15) is 13.2 Å². The summed E-state index contributed by atoms with van der Waals surface area (Å²) in [6.45, 7) is 0.0628. The molecule has 27 heavy (non-hydrogen) atoms. The lowest BCUT2D eigenvalue weighted by atomic mass is 10.3. The second-order valence-corrected chi connectivity index (χ2v) is 8.90. The molecule has 0 atom stereocenters. The third kappa shape index (κ3) is 6.90. The Labute approximate surface area is 172 Å². The number of rotatable bonds is 9. The molecule has 0 spiro atoms. The zero-order valence-electron chi connectivity index (χ0n) is 14.3. The maximum Gasteiger partial charge on any atom is 0.343 e. The second kappa shape index (κ2) is 10.2. The summed E-state index contributed by atoms with van der Waals surface area (Å²) in [6.07, 6.45) is 0. The number of thioether (sulfide) groups is 1. The zero-order chi connectivity index (χ0) is 19.9. The van der Waals surface area contributed by atoms with E-state index in [1.54, 1.807) is 12.1 Å². The van der Waals surface area contributed by atoms with E-state index in [1.807, 2.05) is 12.1 Å². The van der Waals surface area contributed by atoms with Crippen molar-refractivity contribution in [2.24, 2.45) is 0 Å². The number of hydrogen-bond donors (Lipinski definition) is 1. The van der Waals surface area contributed by atoms with Crippen molar-refractivity contribution in [1.82, 2.24) is 4.72 Å². The predicted molar refractivity (Wildman–Crippen MR) is 106 cm³/mol. The van der Waals surface area contributed by atoms with Crippen LogP contribution in [-0.4, -0.2) is 40.4 Å². The highest BCUT2D eigenvalue weighted by Gasteiger charge is 2.17. The largest absolute Gasteiger partial charge is 0.482 e. The highest BCUT2D eigenvalue weighted by molar-refractivity contribution is 7.99. The van der Waals surface area contributed by atoms with E-state index in [0.29, 0.717) is 16.5 Å². The standard InChI is InChI=1S/C17H17Cl2NO5S2/c1-24-17(21)11-25-13-3-5-14(6-4-13)26-9-8-20-27(22,23)16-10-12(18)2-7-15(16)19/h2-7,10,20H,8-9,11H2,1H3. The first-order valence-electron chi connectivity index (χ1n) is 7.69. The highest BCUT2D eigenvalue weighted by Crippen LogP contribution is 2.25. The van der Waals surface area contributed by atoms with E-state index in [4.69, 9.17) is 27.9 Å². The number of nitrogens with one attached hydrogen (secondary N) is 1. The van der Waals surface area contributed by atoms with Crippen molar-refractivity contribution in [2.75, 3.05) is 26.0 Å². The Hall–Kier alpha value is -1.45. The molecule has 0 aliphatic rings. The number of ether oxygens (including phenoxy) is 2. The predicted octanol–water partition coefficient (Wildman–Crippen LogP) is 3.62. The summed E-state index contributed by atoms with van der Waals surface area (Å²) < 4.78 is 36.8. The molecule has 0 amide bonds. The molecule has 0 saturated heterocycles. The van der Waals surface area contributed by atoms with Crippen LogP contribution in [0.25, 0.3) is 0 Å². The lowest BCUT2D eigenvalue weighted by Crippen LogP contribution is -2.26. The number of carbonyl (C=O) groups excluding carboxylic acids is 1. The molecule has 0 aliphatic carbocycles. The molecule has 146 valence electrons. The Kier molecular flexibility index (Phi) is 8.25.